The number of anilines is 1. The molecule has 0 saturated carbocycles. The summed E-state index contributed by atoms with van der Waals surface area (Å²) in [6.07, 6.45) is -5.30. The number of oxime groups is 1. The molecule has 2 aliphatic rings. The number of hydrogen-bond donors (Lipinski definition) is 1. The minimum atomic E-state index is -1.48. The maximum Gasteiger partial charge on any atom is 0.303 e. The number of nitrogens with one attached hydrogen (secondary N) is 1. The first-order chi connectivity index (χ1) is 21.4. The van der Waals surface area contributed by atoms with E-state index >= 15 is 0 Å². The Balaban J connectivity index is 1.61. The molecule has 14 heteroatoms. The predicted octanol–water partition coefficient (Wildman–Crippen LogP) is 1.80. The van der Waals surface area contributed by atoms with Crippen LogP contribution in [0.5, 0.6) is 5.75 Å². The Labute approximate surface area is 259 Å². The van der Waals surface area contributed by atoms with Crippen molar-refractivity contribution in [3.63, 3.8) is 0 Å². The van der Waals surface area contributed by atoms with Gasteiger partial charge in [-0.3, -0.25) is 24.0 Å². The van der Waals surface area contributed by atoms with Gasteiger partial charge < -0.3 is 38.7 Å². The molecule has 5 atom stereocenters. The van der Waals surface area contributed by atoms with Crippen molar-refractivity contribution in [3.05, 3.63) is 59.7 Å². The highest BCUT2D eigenvalue weighted by Gasteiger charge is 2.52. The lowest BCUT2D eigenvalue weighted by Gasteiger charge is -2.43. The maximum atomic E-state index is 13.6. The van der Waals surface area contributed by atoms with Crippen molar-refractivity contribution in [2.24, 2.45) is 5.16 Å². The van der Waals surface area contributed by atoms with Crippen LogP contribution in [0, 0.1) is 6.92 Å². The van der Waals surface area contributed by atoms with Gasteiger partial charge in [-0.2, -0.15) is 0 Å². The third-order valence-electron chi connectivity index (χ3n) is 6.82. The monoisotopic (exact) mass is 625 g/mol. The van der Waals surface area contributed by atoms with Crippen LogP contribution >= 0.6 is 0 Å². The zero-order chi connectivity index (χ0) is 32.7. The van der Waals surface area contributed by atoms with E-state index in [-0.39, 0.29) is 18.9 Å². The number of benzene rings is 2. The molecule has 2 heterocycles. The highest BCUT2D eigenvalue weighted by molar-refractivity contribution is 6.54. The molecule has 0 aromatic heterocycles. The van der Waals surface area contributed by atoms with Gasteiger partial charge in [-0.15, -0.1) is 0 Å². The number of carbonyl (C=O) groups is 5. The van der Waals surface area contributed by atoms with Crippen LogP contribution in [0.2, 0.25) is 0 Å². The van der Waals surface area contributed by atoms with Crippen LogP contribution in [0.15, 0.2) is 53.7 Å². The molecule has 1 saturated heterocycles. The first kappa shape index (κ1) is 32.9. The second kappa shape index (κ2) is 14.7. The van der Waals surface area contributed by atoms with Gasteiger partial charge in [0.1, 0.15) is 31.1 Å². The highest BCUT2D eigenvalue weighted by Crippen LogP contribution is 2.31. The lowest BCUT2D eigenvalue weighted by atomic mass is 9.96. The fraction of sp³-hybridized carbons (Fsp3) is 0.419. The number of nitrogens with zero attached hydrogens (tertiary/aromatic N) is 2. The molecule has 14 nitrogen and oxygen atoms in total. The SMILES string of the molecule is CC(=O)N[C@@H]1[C@H](O/N=C2/C(=O)N(CCOc3ccc(C)cc3)c3ccccc32)O[C@H](COC(C)=O)[C@H](OC(C)=O)[C@H]1OC(C)=O. The van der Waals surface area contributed by atoms with E-state index in [1.54, 1.807) is 24.3 Å². The zero-order valence-electron chi connectivity index (χ0n) is 25.5. The van der Waals surface area contributed by atoms with Crippen molar-refractivity contribution in [2.45, 2.75) is 65.3 Å². The number of amides is 2. The van der Waals surface area contributed by atoms with Gasteiger partial charge in [-0.1, -0.05) is 41.1 Å². The van der Waals surface area contributed by atoms with Crippen molar-refractivity contribution in [3.8, 4) is 5.75 Å². The van der Waals surface area contributed by atoms with E-state index < -0.39 is 67.0 Å². The predicted molar refractivity (Wildman–Crippen MR) is 157 cm³/mol. The maximum absolute atomic E-state index is 13.6. The topological polar surface area (TPSA) is 168 Å². The van der Waals surface area contributed by atoms with E-state index in [1.165, 1.54) is 18.7 Å². The van der Waals surface area contributed by atoms with Crippen LogP contribution in [0.1, 0.15) is 38.8 Å². The van der Waals surface area contributed by atoms with E-state index in [4.69, 9.17) is 28.5 Å². The summed E-state index contributed by atoms with van der Waals surface area (Å²) in [4.78, 5) is 68.7. The third-order valence-corrected chi connectivity index (χ3v) is 6.82. The largest absolute Gasteiger partial charge is 0.492 e. The van der Waals surface area contributed by atoms with Crippen LogP contribution in [0.25, 0.3) is 0 Å². The summed E-state index contributed by atoms with van der Waals surface area (Å²) in [5.74, 6) is -2.51. The molecule has 2 aromatic rings. The molecule has 2 aliphatic heterocycles. The minimum Gasteiger partial charge on any atom is -0.492 e. The number of esters is 3. The Bertz CT molecular complexity index is 1460. The normalized spacial score (nSPS) is 23.1. The van der Waals surface area contributed by atoms with Gasteiger partial charge in [0.05, 0.1) is 12.2 Å². The number of ether oxygens (including phenoxy) is 5. The summed E-state index contributed by atoms with van der Waals surface area (Å²) >= 11 is 0. The lowest BCUT2D eigenvalue weighted by molar-refractivity contribution is -0.278. The van der Waals surface area contributed by atoms with E-state index in [2.05, 4.69) is 10.5 Å². The average Bonchev–Trinajstić information content (AvgIpc) is 3.24. The van der Waals surface area contributed by atoms with Gasteiger partial charge >= 0.3 is 17.9 Å². The summed E-state index contributed by atoms with van der Waals surface area (Å²) in [6, 6.07) is 13.3. The van der Waals surface area contributed by atoms with Crippen LogP contribution < -0.4 is 15.0 Å². The van der Waals surface area contributed by atoms with Crippen molar-refractivity contribution in [1.29, 1.82) is 0 Å². The zero-order valence-corrected chi connectivity index (χ0v) is 25.5. The second-order valence-electron chi connectivity index (χ2n) is 10.4. The summed E-state index contributed by atoms with van der Waals surface area (Å²) < 4.78 is 27.8. The van der Waals surface area contributed by atoms with E-state index in [1.807, 2.05) is 31.2 Å². The minimum absolute atomic E-state index is 0.0474. The van der Waals surface area contributed by atoms with Crippen molar-refractivity contribution in [2.75, 3.05) is 24.7 Å². The molecule has 0 unspecified atom stereocenters. The van der Waals surface area contributed by atoms with Crippen molar-refractivity contribution in [1.82, 2.24) is 5.32 Å². The molecule has 1 fully saturated rings. The number of hydrogen-bond acceptors (Lipinski definition) is 12. The Kier molecular flexibility index (Phi) is 10.7. The molecular formula is C31H35N3O11. The standard InChI is InChI=1S/C31H35N3O11/c1-17-10-12-22(13-11-17)40-15-14-34-24-9-7-6-8-23(24)26(30(34)39)33-45-31-27(32-18(2)35)29(43-21(5)38)28(42-20(4)37)25(44-31)16-41-19(3)36/h6-13,25,27-29,31H,14-16H2,1-5H3,(H,32,35)/b33-26+/t25-,27+,28+,29+,31+/m1/s1. The molecule has 2 amide bonds. The molecule has 2 aromatic carbocycles. The van der Waals surface area contributed by atoms with Crippen LogP contribution in [0.4, 0.5) is 5.69 Å². The second-order valence-corrected chi connectivity index (χ2v) is 10.4. The first-order valence-electron chi connectivity index (χ1n) is 14.2. The van der Waals surface area contributed by atoms with Crippen molar-refractivity contribution < 1.29 is 52.5 Å². The van der Waals surface area contributed by atoms with Gasteiger partial charge in [0.25, 0.3) is 12.2 Å². The molecular weight excluding hydrogens is 590 g/mol. The number of para-hydroxylation sites is 1. The smallest absolute Gasteiger partial charge is 0.303 e. The lowest BCUT2D eigenvalue weighted by Crippen LogP contribution is -2.66. The Morgan fingerprint density at radius 2 is 1.58 bits per heavy atom. The quantitative estimate of drug-likeness (QED) is 0.220. The molecule has 1 N–H and O–H groups in total. The van der Waals surface area contributed by atoms with Crippen molar-refractivity contribution >= 4 is 41.1 Å². The molecule has 240 valence electrons. The van der Waals surface area contributed by atoms with Crippen LogP contribution in [0.3, 0.4) is 0 Å². The molecule has 45 heavy (non-hydrogen) atoms. The van der Waals surface area contributed by atoms with Gasteiger partial charge in [0.2, 0.25) is 5.91 Å². The average molecular weight is 626 g/mol. The summed E-state index contributed by atoms with van der Waals surface area (Å²) in [7, 11) is 0. The molecule has 0 spiro atoms. The van der Waals surface area contributed by atoms with E-state index in [0.29, 0.717) is 17.0 Å². The number of fused-ring (bicyclic) bond motifs is 1. The molecule has 0 radical (unpaired) electrons. The van der Waals surface area contributed by atoms with E-state index in [9.17, 15) is 24.0 Å². The Morgan fingerprint density at radius 1 is 0.911 bits per heavy atom. The van der Waals surface area contributed by atoms with Gasteiger partial charge in [0, 0.05) is 33.3 Å². The van der Waals surface area contributed by atoms with E-state index in [0.717, 1.165) is 19.4 Å². The highest BCUT2D eigenvalue weighted by atomic mass is 16.8. The van der Waals surface area contributed by atoms with Gasteiger partial charge in [0.15, 0.2) is 17.9 Å². The number of carbonyl (C=O) groups excluding carboxylic acids is 5. The fourth-order valence-corrected chi connectivity index (χ4v) is 4.95. The fourth-order valence-electron chi connectivity index (χ4n) is 4.95. The first-order valence-corrected chi connectivity index (χ1v) is 14.2. The summed E-state index contributed by atoms with van der Waals surface area (Å²) in [5.41, 5.74) is 2.11. The number of rotatable bonds is 11. The third kappa shape index (κ3) is 8.35. The summed E-state index contributed by atoms with van der Waals surface area (Å²) in [6.45, 7) is 6.63. The Hall–Kier alpha value is -4.98. The summed E-state index contributed by atoms with van der Waals surface area (Å²) in [5, 5.41) is 6.73. The number of aryl methyl sites for hydroxylation is 1. The van der Waals surface area contributed by atoms with Crippen LogP contribution in [-0.2, 0) is 47.8 Å². The molecule has 0 bridgehead atoms. The van der Waals surface area contributed by atoms with Crippen LogP contribution in [-0.4, -0.2) is 85.8 Å². The Morgan fingerprint density at radius 3 is 2.22 bits per heavy atom. The molecule has 4 rings (SSSR count). The van der Waals surface area contributed by atoms with Gasteiger partial charge in [-0.25, -0.2) is 0 Å². The molecule has 0 aliphatic carbocycles. The van der Waals surface area contributed by atoms with Gasteiger partial charge in [-0.05, 0) is 25.1 Å².